The van der Waals surface area contributed by atoms with Crippen LogP contribution < -0.4 is 5.73 Å². The Morgan fingerprint density at radius 3 is 2.73 bits per heavy atom. The van der Waals surface area contributed by atoms with Crippen LogP contribution in [-0.2, 0) is 0 Å². The highest BCUT2D eigenvalue weighted by Gasteiger charge is 2.14. The number of nitrogens with zero attached hydrogens (tertiary/aromatic N) is 1. The van der Waals surface area contributed by atoms with Crippen molar-refractivity contribution in [1.82, 2.24) is 4.98 Å². The van der Waals surface area contributed by atoms with Gasteiger partial charge in [-0.05, 0) is 38.0 Å². The van der Waals surface area contributed by atoms with Gasteiger partial charge in [-0.25, -0.2) is 4.98 Å². The third-order valence-electron chi connectivity index (χ3n) is 2.44. The Kier molecular flexibility index (Phi) is 2.44. The van der Waals surface area contributed by atoms with E-state index in [0.717, 1.165) is 27.2 Å². The maximum absolute atomic E-state index is 6.13. The number of fused-ring (bicyclic) bond motifs is 1. The molecule has 1 aromatic heterocycles. The van der Waals surface area contributed by atoms with Gasteiger partial charge in [-0.1, -0.05) is 11.6 Å². The van der Waals surface area contributed by atoms with Gasteiger partial charge in [-0.2, -0.15) is 0 Å². The highest BCUT2D eigenvalue weighted by atomic mass is 35.5. The number of nitrogens with two attached hydrogens (primary N) is 1. The molecule has 2 aromatic rings. The Hall–Kier alpha value is -1.06. The minimum absolute atomic E-state index is 0.198. The zero-order valence-electron chi connectivity index (χ0n) is 8.97. The molecule has 0 spiro atoms. The second kappa shape index (κ2) is 3.51. The fraction of sp³-hybridized carbons (Fsp3) is 0.364. The largest absolute Gasteiger partial charge is 0.439 e. The Morgan fingerprint density at radius 1 is 1.47 bits per heavy atom. The summed E-state index contributed by atoms with van der Waals surface area (Å²) in [6, 6.07) is 1.69. The molecule has 0 radical (unpaired) electrons. The van der Waals surface area contributed by atoms with Gasteiger partial charge in [0, 0.05) is 5.02 Å². The van der Waals surface area contributed by atoms with Crippen LogP contribution in [0.5, 0.6) is 0 Å². The van der Waals surface area contributed by atoms with Crippen molar-refractivity contribution in [3.8, 4) is 0 Å². The lowest BCUT2D eigenvalue weighted by Crippen LogP contribution is -2.04. The molecule has 15 heavy (non-hydrogen) atoms. The maximum atomic E-state index is 6.13. The number of benzene rings is 1. The molecule has 0 aliphatic carbocycles. The van der Waals surface area contributed by atoms with Gasteiger partial charge in [0.2, 0.25) is 5.89 Å². The highest BCUT2D eigenvalue weighted by molar-refractivity contribution is 6.33. The van der Waals surface area contributed by atoms with E-state index in [1.54, 1.807) is 0 Å². The van der Waals surface area contributed by atoms with Crippen LogP contribution in [-0.4, -0.2) is 4.98 Å². The topological polar surface area (TPSA) is 52.0 Å². The van der Waals surface area contributed by atoms with E-state index in [2.05, 4.69) is 4.98 Å². The van der Waals surface area contributed by atoms with Gasteiger partial charge in [-0.15, -0.1) is 0 Å². The van der Waals surface area contributed by atoms with E-state index in [1.165, 1.54) is 0 Å². The summed E-state index contributed by atoms with van der Waals surface area (Å²) in [7, 11) is 0. The standard InChI is InChI=1S/C11H13ClN2O/c1-5-4-8-10(6(2)9(5)12)14-11(15-8)7(3)13/h4,7H,13H2,1-3H3. The molecule has 4 heteroatoms. The average Bonchev–Trinajstić information content (AvgIpc) is 2.58. The van der Waals surface area contributed by atoms with Crippen molar-refractivity contribution in [1.29, 1.82) is 0 Å². The van der Waals surface area contributed by atoms with E-state index in [0.29, 0.717) is 5.89 Å². The lowest BCUT2D eigenvalue weighted by molar-refractivity contribution is 0.492. The molecule has 80 valence electrons. The molecule has 1 heterocycles. The van der Waals surface area contributed by atoms with Crippen molar-refractivity contribution in [2.45, 2.75) is 26.8 Å². The molecule has 0 amide bonds. The van der Waals surface area contributed by atoms with Gasteiger partial charge in [0.25, 0.3) is 0 Å². The van der Waals surface area contributed by atoms with Gasteiger partial charge < -0.3 is 10.2 Å². The van der Waals surface area contributed by atoms with Crippen molar-refractivity contribution in [3.63, 3.8) is 0 Å². The summed E-state index contributed by atoms with van der Waals surface area (Å²) in [6.45, 7) is 5.72. The SMILES string of the molecule is Cc1cc2oc(C(C)N)nc2c(C)c1Cl. The molecule has 3 nitrogen and oxygen atoms in total. The van der Waals surface area contributed by atoms with E-state index in [4.69, 9.17) is 21.8 Å². The summed E-state index contributed by atoms with van der Waals surface area (Å²) in [6.07, 6.45) is 0. The molecule has 1 unspecified atom stereocenters. The van der Waals surface area contributed by atoms with E-state index >= 15 is 0 Å². The van der Waals surface area contributed by atoms with Crippen molar-refractivity contribution in [2.24, 2.45) is 5.73 Å². The highest BCUT2D eigenvalue weighted by Crippen LogP contribution is 2.29. The van der Waals surface area contributed by atoms with Gasteiger partial charge in [0.15, 0.2) is 5.58 Å². The normalized spacial score (nSPS) is 13.4. The molecule has 0 saturated heterocycles. The lowest BCUT2D eigenvalue weighted by atomic mass is 10.1. The molecule has 0 bridgehead atoms. The number of halogens is 1. The maximum Gasteiger partial charge on any atom is 0.212 e. The summed E-state index contributed by atoms with van der Waals surface area (Å²) >= 11 is 6.13. The van der Waals surface area contributed by atoms with Crippen molar-refractivity contribution < 1.29 is 4.42 Å². The zero-order chi connectivity index (χ0) is 11.2. The van der Waals surface area contributed by atoms with Crippen LogP contribution in [0.4, 0.5) is 0 Å². The monoisotopic (exact) mass is 224 g/mol. The number of oxazole rings is 1. The second-order valence-corrected chi connectivity index (χ2v) is 4.20. The quantitative estimate of drug-likeness (QED) is 0.810. The van der Waals surface area contributed by atoms with E-state index in [9.17, 15) is 0 Å². The average molecular weight is 225 g/mol. The number of aromatic nitrogens is 1. The third-order valence-corrected chi connectivity index (χ3v) is 3.02. The van der Waals surface area contributed by atoms with Crippen LogP contribution in [0.25, 0.3) is 11.1 Å². The van der Waals surface area contributed by atoms with Crippen LogP contribution in [0.2, 0.25) is 5.02 Å². The molecule has 0 aliphatic heterocycles. The van der Waals surface area contributed by atoms with Crippen molar-refractivity contribution in [2.75, 3.05) is 0 Å². The summed E-state index contributed by atoms with van der Waals surface area (Å²) in [4.78, 5) is 4.34. The van der Waals surface area contributed by atoms with Crippen LogP contribution in [0.15, 0.2) is 10.5 Å². The van der Waals surface area contributed by atoms with Gasteiger partial charge >= 0.3 is 0 Å². The molecular weight excluding hydrogens is 212 g/mol. The van der Waals surface area contributed by atoms with Crippen LogP contribution in [0.1, 0.15) is 30.0 Å². The van der Waals surface area contributed by atoms with E-state index in [-0.39, 0.29) is 6.04 Å². The second-order valence-electron chi connectivity index (χ2n) is 3.82. The van der Waals surface area contributed by atoms with Gasteiger partial charge in [0.05, 0.1) is 6.04 Å². The minimum atomic E-state index is -0.198. The summed E-state index contributed by atoms with van der Waals surface area (Å²) in [5.41, 5.74) is 9.21. The lowest BCUT2D eigenvalue weighted by Gasteiger charge is -2.00. The van der Waals surface area contributed by atoms with Gasteiger partial charge in [-0.3, -0.25) is 0 Å². The minimum Gasteiger partial charge on any atom is -0.439 e. The molecule has 0 saturated carbocycles. The smallest absolute Gasteiger partial charge is 0.212 e. The molecule has 0 aliphatic rings. The summed E-state index contributed by atoms with van der Waals surface area (Å²) in [5.74, 6) is 0.551. The fourth-order valence-electron chi connectivity index (χ4n) is 1.57. The van der Waals surface area contributed by atoms with Crippen molar-refractivity contribution in [3.05, 3.63) is 28.1 Å². The predicted molar refractivity (Wildman–Crippen MR) is 61.1 cm³/mol. The van der Waals surface area contributed by atoms with Crippen molar-refractivity contribution >= 4 is 22.7 Å². The number of rotatable bonds is 1. The first-order chi connectivity index (χ1) is 7.00. The number of hydrogen-bond acceptors (Lipinski definition) is 3. The molecule has 0 fully saturated rings. The first-order valence-corrected chi connectivity index (χ1v) is 5.20. The fourth-order valence-corrected chi connectivity index (χ4v) is 1.71. The van der Waals surface area contributed by atoms with Gasteiger partial charge in [0.1, 0.15) is 5.52 Å². The van der Waals surface area contributed by atoms with E-state index < -0.39 is 0 Å². The molecular formula is C11H13ClN2O. The van der Waals surface area contributed by atoms with Crippen LogP contribution in [0.3, 0.4) is 0 Å². The Morgan fingerprint density at radius 2 is 2.13 bits per heavy atom. The van der Waals surface area contributed by atoms with Crippen LogP contribution >= 0.6 is 11.6 Å². The molecule has 2 N–H and O–H groups in total. The summed E-state index contributed by atoms with van der Waals surface area (Å²) in [5, 5.41) is 0.743. The van der Waals surface area contributed by atoms with E-state index in [1.807, 2.05) is 26.8 Å². The van der Waals surface area contributed by atoms with Crippen LogP contribution in [0, 0.1) is 13.8 Å². The molecule has 1 atom stereocenters. The number of aryl methyl sites for hydroxylation is 2. The Balaban J connectivity index is 2.76. The number of hydrogen-bond donors (Lipinski definition) is 1. The molecule has 2 rings (SSSR count). The Bertz CT molecular complexity index is 517. The summed E-state index contributed by atoms with van der Waals surface area (Å²) < 4.78 is 5.55. The first kappa shape index (κ1) is 10.5. The third kappa shape index (κ3) is 1.62. The predicted octanol–water partition coefficient (Wildman–Crippen LogP) is 3.12. The first-order valence-electron chi connectivity index (χ1n) is 4.82. The zero-order valence-corrected chi connectivity index (χ0v) is 9.72. The molecule has 1 aromatic carbocycles. The Labute approximate surface area is 93.2 Å².